The highest BCUT2D eigenvalue weighted by atomic mass is 35.5. The minimum absolute atomic E-state index is 0.460. The van der Waals surface area contributed by atoms with Crippen LogP contribution in [0.1, 0.15) is 18.5 Å². The van der Waals surface area contributed by atoms with E-state index in [1.165, 1.54) is 0 Å². The Hall–Kier alpha value is -2.22. The van der Waals surface area contributed by atoms with Gasteiger partial charge in [0.25, 0.3) is 5.91 Å². The lowest BCUT2D eigenvalue weighted by Crippen LogP contribution is -2.39. The summed E-state index contributed by atoms with van der Waals surface area (Å²) >= 11 is 5.85. The minimum atomic E-state index is -4.62. The van der Waals surface area contributed by atoms with Gasteiger partial charge in [-0.1, -0.05) is 11.6 Å². The quantitative estimate of drug-likeness (QED) is 0.901. The van der Waals surface area contributed by atoms with Gasteiger partial charge in [-0.15, -0.1) is 0 Å². The number of benzene rings is 1. The number of anilines is 2. The van der Waals surface area contributed by atoms with Crippen molar-refractivity contribution in [3.63, 3.8) is 0 Å². The Balaban J connectivity index is 1.72. The molecule has 24 heavy (non-hydrogen) atoms. The molecule has 1 aliphatic heterocycles. The van der Waals surface area contributed by atoms with Crippen LogP contribution in [0.4, 0.5) is 24.9 Å². The number of alkyl halides is 3. The first-order valence-corrected chi connectivity index (χ1v) is 7.58. The first kappa shape index (κ1) is 16.6. The van der Waals surface area contributed by atoms with Crippen LogP contribution in [0.3, 0.4) is 0 Å². The Morgan fingerprint density at radius 1 is 1.33 bits per heavy atom. The topological polar surface area (TPSA) is 58.4 Å². The Bertz CT molecular complexity index is 730. The van der Waals surface area contributed by atoms with Crippen LogP contribution in [0.15, 0.2) is 34.9 Å². The molecule has 1 atom stereocenters. The molecule has 0 saturated carbocycles. The first-order chi connectivity index (χ1) is 11.3. The third-order valence-corrected chi connectivity index (χ3v) is 3.99. The summed E-state index contributed by atoms with van der Waals surface area (Å²) in [4.78, 5) is 17.5. The molecule has 1 fully saturated rings. The molecule has 1 aliphatic rings. The smallest absolute Gasteiger partial charge is 0.431 e. The van der Waals surface area contributed by atoms with Crippen LogP contribution in [-0.2, 0) is 11.0 Å². The molecule has 5 nitrogen and oxygen atoms in total. The molecule has 128 valence electrons. The van der Waals surface area contributed by atoms with Crippen molar-refractivity contribution < 1.29 is 22.4 Å². The lowest BCUT2D eigenvalue weighted by Gasteiger charge is -2.25. The van der Waals surface area contributed by atoms with Gasteiger partial charge in [-0.2, -0.15) is 18.2 Å². The van der Waals surface area contributed by atoms with Crippen molar-refractivity contribution in [3.8, 4) is 0 Å². The molecular formula is C15H13ClF3N3O2. The zero-order chi connectivity index (χ0) is 17.3. The molecule has 3 rings (SSSR count). The Morgan fingerprint density at radius 2 is 2.04 bits per heavy atom. The molecule has 1 unspecified atom stereocenters. The van der Waals surface area contributed by atoms with Gasteiger partial charge in [0.15, 0.2) is 5.69 Å². The molecule has 2 aromatic rings. The summed E-state index contributed by atoms with van der Waals surface area (Å²) in [6.45, 7) is 0.666. The number of aromatic nitrogens is 1. The predicted molar refractivity (Wildman–Crippen MR) is 82.0 cm³/mol. The van der Waals surface area contributed by atoms with Crippen molar-refractivity contribution in [2.45, 2.75) is 25.1 Å². The van der Waals surface area contributed by atoms with Crippen molar-refractivity contribution >= 4 is 29.2 Å². The zero-order valence-electron chi connectivity index (χ0n) is 12.3. The van der Waals surface area contributed by atoms with E-state index in [0.29, 0.717) is 24.3 Å². The fraction of sp³-hybridized carbons (Fsp3) is 0.333. The zero-order valence-corrected chi connectivity index (χ0v) is 13.1. The molecule has 1 amide bonds. The van der Waals surface area contributed by atoms with E-state index in [4.69, 9.17) is 11.6 Å². The summed E-state index contributed by atoms with van der Waals surface area (Å²) in [6.07, 6.45) is -2.77. The van der Waals surface area contributed by atoms with E-state index >= 15 is 0 Å². The number of rotatable bonds is 3. The molecular weight excluding hydrogens is 347 g/mol. The fourth-order valence-electron chi connectivity index (χ4n) is 2.63. The third-order valence-electron chi connectivity index (χ3n) is 3.74. The maximum absolute atomic E-state index is 12.5. The van der Waals surface area contributed by atoms with Crippen molar-refractivity contribution in [3.05, 3.63) is 41.2 Å². The summed E-state index contributed by atoms with van der Waals surface area (Å²) in [5.74, 6) is -0.460. The largest absolute Gasteiger partial charge is 0.436 e. The van der Waals surface area contributed by atoms with Crippen molar-refractivity contribution in [2.75, 3.05) is 16.8 Å². The van der Waals surface area contributed by atoms with E-state index in [2.05, 4.69) is 14.7 Å². The van der Waals surface area contributed by atoms with Crippen LogP contribution < -0.4 is 10.2 Å². The van der Waals surface area contributed by atoms with Crippen LogP contribution in [0.5, 0.6) is 0 Å². The van der Waals surface area contributed by atoms with E-state index in [9.17, 15) is 18.0 Å². The fourth-order valence-corrected chi connectivity index (χ4v) is 2.76. The number of amides is 1. The van der Waals surface area contributed by atoms with Crippen LogP contribution in [0, 0.1) is 0 Å². The average molecular weight is 360 g/mol. The number of nitrogens with zero attached hydrogens (tertiary/aromatic N) is 2. The highest BCUT2D eigenvalue weighted by Crippen LogP contribution is 2.30. The van der Waals surface area contributed by atoms with Crippen molar-refractivity contribution in [2.24, 2.45) is 0 Å². The second-order valence-electron chi connectivity index (χ2n) is 5.35. The molecule has 2 heterocycles. The number of halogens is 4. The summed E-state index contributed by atoms with van der Waals surface area (Å²) < 4.78 is 42.2. The number of carbonyl (C=O) groups excluding carboxylic acids is 1. The van der Waals surface area contributed by atoms with E-state index in [-0.39, 0.29) is 0 Å². The first-order valence-electron chi connectivity index (χ1n) is 7.20. The molecule has 0 bridgehead atoms. The van der Waals surface area contributed by atoms with Crippen LogP contribution in [0.25, 0.3) is 0 Å². The molecule has 1 aromatic carbocycles. The summed E-state index contributed by atoms with van der Waals surface area (Å²) in [6, 6.07) is 6.05. The van der Waals surface area contributed by atoms with E-state index < -0.39 is 29.8 Å². The molecule has 0 spiro atoms. The van der Waals surface area contributed by atoms with Crippen molar-refractivity contribution in [1.29, 1.82) is 0 Å². The summed E-state index contributed by atoms with van der Waals surface area (Å²) in [5.41, 5.74) is -0.362. The number of hydrogen-bond acceptors (Lipinski definition) is 4. The molecule has 9 heteroatoms. The Morgan fingerprint density at radius 3 is 2.67 bits per heavy atom. The van der Waals surface area contributed by atoms with Crippen molar-refractivity contribution in [1.82, 2.24) is 4.98 Å². The monoisotopic (exact) mass is 359 g/mol. The normalized spacial score (nSPS) is 18.0. The maximum Gasteiger partial charge on any atom is 0.436 e. The van der Waals surface area contributed by atoms with Gasteiger partial charge in [0, 0.05) is 17.3 Å². The van der Waals surface area contributed by atoms with Crippen LogP contribution in [-0.4, -0.2) is 23.5 Å². The van der Waals surface area contributed by atoms with Gasteiger partial charge in [-0.25, -0.2) is 0 Å². The van der Waals surface area contributed by atoms with E-state index in [1.807, 2.05) is 4.90 Å². The second kappa shape index (κ2) is 6.35. The van der Waals surface area contributed by atoms with Crippen LogP contribution >= 0.6 is 11.6 Å². The number of hydrogen-bond donors (Lipinski definition) is 1. The maximum atomic E-state index is 12.5. The lowest BCUT2D eigenvalue weighted by atomic mass is 10.2. The number of nitrogens with one attached hydrogen (secondary N) is 1. The van der Waals surface area contributed by atoms with Gasteiger partial charge in [0.05, 0.1) is 0 Å². The van der Waals surface area contributed by atoms with Crippen LogP contribution in [0.2, 0.25) is 5.02 Å². The molecule has 1 N–H and O–H groups in total. The Labute approximate surface area is 140 Å². The standard InChI is InChI=1S/C15H13ClF3N3O2/c16-9-3-5-10(6-4-9)22-7-1-2-11(22)13(23)21-14-20-12(8-24-14)15(17,18)19/h3-6,8,11H,1-2,7H2,(H,20,21,23). The van der Waals surface area contributed by atoms with Gasteiger partial charge in [-0.05, 0) is 37.1 Å². The minimum Gasteiger partial charge on any atom is -0.431 e. The molecule has 0 aliphatic carbocycles. The third kappa shape index (κ3) is 3.48. The molecule has 1 aromatic heterocycles. The second-order valence-corrected chi connectivity index (χ2v) is 5.79. The number of carbonyl (C=O) groups is 1. The lowest BCUT2D eigenvalue weighted by molar-refractivity contribution is -0.141. The SMILES string of the molecule is O=C(Nc1nc(C(F)(F)F)co1)C1CCCN1c1ccc(Cl)cc1. The number of oxazole rings is 1. The van der Waals surface area contributed by atoms with E-state index in [0.717, 1.165) is 12.1 Å². The molecule has 1 saturated heterocycles. The van der Waals surface area contributed by atoms with Gasteiger partial charge >= 0.3 is 12.2 Å². The Kier molecular flexibility index (Phi) is 4.40. The molecule has 0 radical (unpaired) electrons. The van der Waals surface area contributed by atoms with Gasteiger partial charge in [0.2, 0.25) is 0 Å². The predicted octanol–water partition coefficient (Wildman–Crippen LogP) is 3.95. The highest BCUT2D eigenvalue weighted by molar-refractivity contribution is 6.30. The summed E-state index contributed by atoms with van der Waals surface area (Å²) in [7, 11) is 0. The highest BCUT2D eigenvalue weighted by Gasteiger charge is 2.36. The van der Waals surface area contributed by atoms with Gasteiger partial charge in [0.1, 0.15) is 12.3 Å². The summed E-state index contributed by atoms with van der Waals surface area (Å²) in [5, 5.41) is 2.88. The van der Waals surface area contributed by atoms with E-state index in [1.54, 1.807) is 24.3 Å². The van der Waals surface area contributed by atoms with Gasteiger partial charge in [-0.3, -0.25) is 10.1 Å². The average Bonchev–Trinajstić information content (AvgIpc) is 3.16. The van der Waals surface area contributed by atoms with Gasteiger partial charge < -0.3 is 9.32 Å².